The maximum Gasteiger partial charge on any atom is 0.0645 e. The Morgan fingerprint density at radius 2 is 1.88 bits per heavy atom. The number of benzene rings is 1. The van der Waals surface area contributed by atoms with Crippen molar-refractivity contribution in [3.8, 4) is 5.69 Å². The van der Waals surface area contributed by atoms with Crippen LogP contribution in [0.4, 0.5) is 0 Å². The van der Waals surface area contributed by atoms with Gasteiger partial charge in [0, 0.05) is 12.7 Å². The fourth-order valence-electron chi connectivity index (χ4n) is 1.86. The molecule has 2 N–H and O–H groups in total. The second-order valence-electron chi connectivity index (χ2n) is 4.76. The van der Waals surface area contributed by atoms with Crippen LogP contribution in [0, 0.1) is 5.92 Å². The van der Waals surface area contributed by atoms with Crippen molar-refractivity contribution in [3.63, 3.8) is 0 Å². The first kappa shape index (κ1) is 11.9. The third kappa shape index (κ3) is 2.94. The summed E-state index contributed by atoms with van der Waals surface area (Å²) in [6, 6.07) is 8.18. The molecule has 0 spiro atoms. The second kappa shape index (κ2) is 5.15. The van der Waals surface area contributed by atoms with Gasteiger partial charge in [-0.1, -0.05) is 26.0 Å². The van der Waals surface area contributed by atoms with E-state index in [1.165, 1.54) is 5.56 Å². The smallest absolute Gasteiger partial charge is 0.0645 e. The maximum absolute atomic E-state index is 5.58. The molecular weight excluding hydrogens is 210 g/mol. The van der Waals surface area contributed by atoms with Crippen LogP contribution in [0.25, 0.3) is 5.69 Å². The van der Waals surface area contributed by atoms with Gasteiger partial charge < -0.3 is 5.73 Å². The fourth-order valence-corrected chi connectivity index (χ4v) is 1.86. The summed E-state index contributed by atoms with van der Waals surface area (Å²) in [5.74, 6) is 0.660. The van der Waals surface area contributed by atoms with Crippen molar-refractivity contribution in [2.75, 3.05) is 0 Å². The molecule has 0 aliphatic rings. The summed E-state index contributed by atoms with van der Waals surface area (Å²) >= 11 is 0. The van der Waals surface area contributed by atoms with Crippen molar-refractivity contribution in [2.45, 2.75) is 26.8 Å². The van der Waals surface area contributed by atoms with Crippen LogP contribution in [0.15, 0.2) is 36.7 Å². The largest absolute Gasteiger partial charge is 0.326 e. The van der Waals surface area contributed by atoms with Gasteiger partial charge in [0.15, 0.2) is 0 Å². The topological polar surface area (TPSA) is 43.8 Å². The van der Waals surface area contributed by atoms with E-state index in [0.29, 0.717) is 12.5 Å². The predicted molar refractivity (Wildman–Crippen MR) is 70.0 cm³/mol. The molecule has 2 aromatic rings. The van der Waals surface area contributed by atoms with E-state index in [4.69, 9.17) is 5.73 Å². The lowest BCUT2D eigenvalue weighted by atomic mass is 10.1. The van der Waals surface area contributed by atoms with Gasteiger partial charge in [0.1, 0.15) is 0 Å². The summed E-state index contributed by atoms with van der Waals surface area (Å²) in [5, 5.41) is 4.38. The number of rotatable bonds is 4. The summed E-state index contributed by atoms with van der Waals surface area (Å²) < 4.78 is 1.91. The minimum atomic E-state index is 0.581. The second-order valence-corrected chi connectivity index (χ2v) is 4.76. The Morgan fingerprint density at radius 1 is 1.18 bits per heavy atom. The molecule has 0 atom stereocenters. The van der Waals surface area contributed by atoms with Gasteiger partial charge >= 0.3 is 0 Å². The van der Waals surface area contributed by atoms with E-state index in [1.807, 2.05) is 35.1 Å². The Labute approximate surface area is 102 Å². The first-order valence-corrected chi connectivity index (χ1v) is 6.02. The van der Waals surface area contributed by atoms with Crippen LogP contribution in [-0.2, 0) is 13.0 Å². The molecule has 0 aliphatic carbocycles. The lowest BCUT2D eigenvalue weighted by Gasteiger charge is -2.03. The summed E-state index contributed by atoms with van der Waals surface area (Å²) in [7, 11) is 0. The molecule has 0 radical (unpaired) electrons. The minimum absolute atomic E-state index is 0.581. The third-order valence-electron chi connectivity index (χ3n) is 2.72. The molecular formula is C14H19N3. The molecule has 0 amide bonds. The lowest BCUT2D eigenvalue weighted by Crippen LogP contribution is -1.98. The zero-order valence-electron chi connectivity index (χ0n) is 10.4. The highest BCUT2D eigenvalue weighted by Crippen LogP contribution is 2.12. The van der Waals surface area contributed by atoms with E-state index in [1.54, 1.807) is 0 Å². The first-order chi connectivity index (χ1) is 8.19. The van der Waals surface area contributed by atoms with E-state index in [9.17, 15) is 0 Å². The average Bonchev–Trinajstić information content (AvgIpc) is 2.77. The Morgan fingerprint density at radius 3 is 2.47 bits per heavy atom. The van der Waals surface area contributed by atoms with Crippen molar-refractivity contribution < 1.29 is 0 Å². The molecule has 17 heavy (non-hydrogen) atoms. The summed E-state index contributed by atoms with van der Waals surface area (Å²) in [6.07, 6.45) is 5.11. The Balaban J connectivity index is 2.18. The molecule has 0 bridgehead atoms. The summed E-state index contributed by atoms with van der Waals surface area (Å²) in [4.78, 5) is 0. The van der Waals surface area contributed by atoms with Crippen LogP contribution in [-0.4, -0.2) is 9.78 Å². The third-order valence-corrected chi connectivity index (χ3v) is 2.72. The van der Waals surface area contributed by atoms with Gasteiger partial charge in [-0.15, -0.1) is 0 Å². The molecule has 3 heteroatoms. The zero-order valence-corrected chi connectivity index (χ0v) is 10.4. The van der Waals surface area contributed by atoms with Crippen molar-refractivity contribution in [2.24, 2.45) is 11.7 Å². The number of aromatic nitrogens is 2. The number of hydrogen-bond donors (Lipinski definition) is 1. The van der Waals surface area contributed by atoms with Gasteiger partial charge in [-0.05, 0) is 35.6 Å². The van der Waals surface area contributed by atoms with E-state index in [-0.39, 0.29) is 0 Å². The van der Waals surface area contributed by atoms with Gasteiger partial charge in [0.2, 0.25) is 0 Å². The SMILES string of the molecule is CC(C)Cc1cnn(-c2ccc(CN)cc2)c1. The molecule has 2 rings (SSSR count). The molecule has 0 unspecified atom stereocenters. The molecule has 1 heterocycles. The molecule has 0 saturated heterocycles. The minimum Gasteiger partial charge on any atom is -0.326 e. The monoisotopic (exact) mass is 229 g/mol. The van der Waals surface area contributed by atoms with Crippen molar-refractivity contribution >= 4 is 0 Å². The van der Waals surface area contributed by atoms with Crippen LogP contribution in [0.2, 0.25) is 0 Å². The highest BCUT2D eigenvalue weighted by Gasteiger charge is 2.03. The van der Waals surface area contributed by atoms with Crippen LogP contribution in [0.1, 0.15) is 25.0 Å². The van der Waals surface area contributed by atoms with Crippen LogP contribution >= 0.6 is 0 Å². The Hall–Kier alpha value is -1.61. The van der Waals surface area contributed by atoms with Crippen molar-refractivity contribution in [1.82, 2.24) is 9.78 Å². The molecule has 90 valence electrons. The predicted octanol–water partition coefficient (Wildman–Crippen LogP) is 2.53. The molecule has 1 aromatic carbocycles. The van der Waals surface area contributed by atoms with Crippen LogP contribution < -0.4 is 5.73 Å². The van der Waals surface area contributed by atoms with Gasteiger partial charge in [-0.25, -0.2) is 4.68 Å². The quantitative estimate of drug-likeness (QED) is 0.875. The summed E-state index contributed by atoms with van der Waals surface area (Å²) in [6.45, 7) is 5.01. The van der Waals surface area contributed by atoms with Crippen LogP contribution in [0.3, 0.4) is 0 Å². The standard InChI is InChI=1S/C14H19N3/c1-11(2)7-13-9-16-17(10-13)14-5-3-12(8-15)4-6-14/h3-6,9-11H,7-8,15H2,1-2H3. The van der Waals surface area contributed by atoms with Gasteiger partial charge in [-0.3, -0.25) is 0 Å². The molecule has 3 nitrogen and oxygen atoms in total. The van der Waals surface area contributed by atoms with E-state index < -0.39 is 0 Å². The van der Waals surface area contributed by atoms with Crippen LogP contribution in [0.5, 0.6) is 0 Å². The molecule has 1 aromatic heterocycles. The Kier molecular flexibility index (Phi) is 3.59. The van der Waals surface area contributed by atoms with E-state index >= 15 is 0 Å². The maximum atomic E-state index is 5.58. The van der Waals surface area contributed by atoms with Gasteiger partial charge in [0.05, 0.1) is 11.9 Å². The highest BCUT2D eigenvalue weighted by molar-refractivity contribution is 5.34. The first-order valence-electron chi connectivity index (χ1n) is 6.02. The normalized spacial score (nSPS) is 11.1. The van der Waals surface area contributed by atoms with E-state index in [2.05, 4.69) is 25.1 Å². The highest BCUT2D eigenvalue weighted by atomic mass is 15.3. The fraction of sp³-hybridized carbons (Fsp3) is 0.357. The van der Waals surface area contributed by atoms with E-state index in [0.717, 1.165) is 17.7 Å². The zero-order chi connectivity index (χ0) is 12.3. The number of hydrogen-bond acceptors (Lipinski definition) is 2. The molecule has 0 aliphatic heterocycles. The van der Waals surface area contributed by atoms with Crippen molar-refractivity contribution in [3.05, 3.63) is 47.8 Å². The van der Waals surface area contributed by atoms with Gasteiger partial charge in [-0.2, -0.15) is 5.10 Å². The average molecular weight is 229 g/mol. The molecule has 0 saturated carbocycles. The van der Waals surface area contributed by atoms with Gasteiger partial charge in [0.25, 0.3) is 0 Å². The summed E-state index contributed by atoms with van der Waals surface area (Å²) in [5.41, 5.74) is 9.08. The number of nitrogens with zero attached hydrogens (tertiary/aromatic N) is 2. The molecule has 0 fully saturated rings. The lowest BCUT2D eigenvalue weighted by molar-refractivity contribution is 0.647. The number of nitrogens with two attached hydrogens (primary N) is 1. The van der Waals surface area contributed by atoms with Crippen molar-refractivity contribution in [1.29, 1.82) is 0 Å². The Bertz CT molecular complexity index is 468.